The number of hydrogen-bond donors (Lipinski definition) is 1. The largest absolute Gasteiger partial charge is 0.342 e. The highest BCUT2D eigenvalue weighted by Crippen LogP contribution is 2.25. The second-order valence-electron chi connectivity index (χ2n) is 6.31. The van der Waals surface area contributed by atoms with Crippen molar-refractivity contribution in [2.45, 2.75) is 20.8 Å². The summed E-state index contributed by atoms with van der Waals surface area (Å²) in [6.45, 7) is 6.91. The van der Waals surface area contributed by atoms with E-state index in [9.17, 15) is 4.79 Å². The number of amides is 1. The number of aryl methyl sites for hydroxylation is 2. The van der Waals surface area contributed by atoms with Crippen LogP contribution in [0.2, 0.25) is 0 Å². The summed E-state index contributed by atoms with van der Waals surface area (Å²) in [6, 6.07) is 19.9. The van der Waals surface area contributed by atoms with Crippen molar-refractivity contribution < 1.29 is 4.79 Å². The lowest BCUT2D eigenvalue weighted by Crippen LogP contribution is -2.18. The van der Waals surface area contributed by atoms with Gasteiger partial charge in [-0.1, -0.05) is 24.3 Å². The van der Waals surface area contributed by atoms with Gasteiger partial charge in [0.05, 0.1) is 0 Å². The summed E-state index contributed by atoms with van der Waals surface area (Å²) in [5.74, 6) is -0.207. The SMILES string of the molecule is CCN(c1ccccc1)c1ccnc(C(=O)Nc2cc(C)cc(C)c2)c1. The van der Waals surface area contributed by atoms with Crippen LogP contribution in [0, 0.1) is 13.8 Å². The average Bonchev–Trinajstić information content (AvgIpc) is 2.63. The molecule has 0 aliphatic heterocycles. The highest BCUT2D eigenvalue weighted by Gasteiger charge is 2.12. The van der Waals surface area contributed by atoms with Gasteiger partial charge in [-0.3, -0.25) is 9.78 Å². The van der Waals surface area contributed by atoms with Crippen molar-refractivity contribution in [3.8, 4) is 0 Å². The lowest BCUT2D eigenvalue weighted by molar-refractivity contribution is 0.102. The van der Waals surface area contributed by atoms with E-state index >= 15 is 0 Å². The number of nitrogens with zero attached hydrogens (tertiary/aromatic N) is 2. The molecule has 0 aliphatic rings. The predicted octanol–water partition coefficient (Wildman–Crippen LogP) is 5.11. The lowest BCUT2D eigenvalue weighted by Gasteiger charge is -2.23. The smallest absolute Gasteiger partial charge is 0.274 e. The van der Waals surface area contributed by atoms with Crippen molar-refractivity contribution in [3.05, 3.63) is 83.7 Å². The summed E-state index contributed by atoms with van der Waals surface area (Å²) in [4.78, 5) is 19.0. The number of rotatable bonds is 5. The molecule has 3 rings (SSSR count). The van der Waals surface area contributed by atoms with Gasteiger partial charge in [-0.15, -0.1) is 0 Å². The van der Waals surface area contributed by atoms with Gasteiger partial charge in [0.25, 0.3) is 5.91 Å². The van der Waals surface area contributed by atoms with Crippen molar-refractivity contribution in [1.29, 1.82) is 0 Å². The number of nitrogens with one attached hydrogen (secondary N) is 1. The maximum atomic E-state index is 12.6. The van der Waals surface area contributed by atoms with Gasteiger partial charge in [-0.05, 0) is 68.3 Å². The standard InChI is InChI=1S/C22H23N3O/c1-4-25(19-8-6-5-7-9-19)20-10-11-23-21(15-20)22(26)24-18-13-16(2)12-17(3)14-18/h5-15H,4H2,1-3H3,(H,24,26). The second-order valence-corrected chi connectivity index (χ2v) is 6.31. The number of anilines is 3. The van der Waals surface area contributed by atoms with Crippen molar-refractivity contribution in [3.63, 3.8) is 0 Å². The van der Waals surface area contributed by atoms with Crippen LogP contribution in [0.3, 0.4) is 0 Å². The topological polar surface area (TPSA) is 45.2 Å². The molecule has 1 heterocycles. The minimum atomic E-state index is -0.207. The fourth-order valence-corrected chi connectivity index (χ4v) is 3.08. The first-order chi connectivity index (χ1) is 12.6. The van der Waals surface area contributed by atoms with Gasteiger partial charge in [0.2, 0.25) is 0 Å². The summed E-state index contributed by atoms with van der Waals surface area (Å²) in [6.07, 6.45) is 1.68. The van der Waals surface area contributed by atoms with E-state index in [0.717, 1.165) is 34.7 Å². The Labute approximate surface area is 154 Å². The van der Waals surface area contributed by atoms with Crippen LogP contribution in [0.1, 0.15) is 28.5 Å². The molecule has 0 spiro atoms. The second kappa shape index (κ2) is 7.83. The van der Waals surface area contributed by atoms with Crippen LogP contribution < -0.4 is 10.2 Å². The van der Waals surface area contributed by atoms with Crippen molar-refractivity contribution in [2.75, 3.05) is 16.8 Å². The maximum Gasteiger partial charge on any atom is 0.274 e. The predicted molar refractivity (Wildman–Crippen MR) is 107 cm³/mol. The van der Waals surface area contributed by atoms with Gasteiger partial charge in [0.1, 0.15) is 5.69 Å². The molecule has 4 heteroatoms. The van der Waals surface area contributed by atoms with Gasteiger partial charge in [0.15, 0.2) is 0 Å². The number of pyridine rings is 1. The van der Waals surface area contributed by atoms with Crippen molar-refractivity contribution in [2.24, 2.45) is 0 Å². The van der Waals surface area contributed by atoms with Crippen LogP contribution >= 0.6 is 0 Å². The quantitative estimate of drug-likeness (QED) is 0.699. The Kier molecular flexibility index (Phi) is 5.32. The molecule has 1 N–H and O–H groups in total. The Morgan fingerprint density at radius 1 is 0.962 bits per heavy atom. The van der Waals surface area contributed by atoms with E-state index in [1.807, 2.05) is 56.3 Å². The molecule has 26 heavy (non-hydrogen) atoms. The molecular formula is C22H23N3O. The number of carbonyl (C=O) groups excluding carboxylic acids is 1. The first kappa shape index (κ1) is 17.7. The van der Waals surface area contributed by atoms with Gasteiger partial charge in [-0.2, -0.15) is 0 Å². The fraction of sp³-hybridized carbons (Fsp3) is 0.182. The Bertz CT molecular complexity index is 886. The molecule has 132 valence electrons. The first-order valence-corrected chi connectivity index (χ1v) is 8.75. The summed E-state index contributed by atoms with van der Waals surface area (Å²) in [7, 11) is 0. The average molecular weight is 345 g/mol. The molecule has 0 unspecified atom stereocenters. The molecule has 0 bridgehead atoms. The van der Waals surface area contributed by atoms with Crippen LogP contribution in [-0.2, 0) is 0 Å². The van der Waals surface area contributed by atoms with E-state index in [4.69, 9.17) is 0 Å². The third-order valence-corrected chi connectivity index (χ3v) is 4.15. The summed E-state index contributed by atoms with van der Waals surface area (Å²) < 4.78 is 0. The van der Waals surface area contributed by atoms with E-state index < -0.39 is 0 Å². The molecule has 4 nitrogen and oxygen atoms in total. The number of carbonyl (C=O) groups is 1. The van der Waals surface area contributed by atoms with E-state index in [2.05, 4.69) is 40.3 Å². The molecule has 0 fully saturated rings. The van der Waals surface area contributed by atoms with Gasteiger partial charge in [-0.25, -0.2) is 0 Å². The molecule has 2 aromatic carbocycles. The Morgan fingerprint density at radius 2 is 1.65 bits per heavy atom. The molecular weight excluding hydrogens is 322 g/mol. The zero-order valence-electron chi connectivity index (χ0n) is 15.4. The first-order valence-electron chi connectivity index (χ1n) is 8.75. The Morgan fingerprint density at radius 3 is 2.31 bits per heavy atom. The molecule has 0 saturated heterocycles. The molecule has 1 aromatic heterocycles. The normalized spacial score (nSPS) is 10.4. The monoisotopic (exact) mass is 345 g/mol. The van der Waals surface area contributed by atoms with Crippen LogP contribution in [0.25, 0.3) is 0 Å². The van der Waals surface area contributed by atoms with E-state index in [-0.39, 0.29) is 5.91 Å². The number of aromatic nitrogens is 1. The van der Waals surface area contributed by atoms with Crippen molar-refractivity contribution in [1.82, 2.24) is 4.98 Å². The fourth-order valence-electron chi connectivity index (χ4n) is 3.08. The summed E-state index contributed by atoms with van der Waals surface area (Å²) in [5, 5.41) is 2.94. The molecule has 3 aromatic rings. The Balaban J connectivity index is 1.85. The third-order valence-electron chi connectivity index (χ3n) is 4.15. The van der Waals surface area contributed by atoms with E-state index in [0.29, 0.717) is 5.69 Å². The minimum absolute atomic E-state index is 0.207. The Hall–Kier alpha value is -3.14. The third kappa shape index (κ3) is 4.09. The van der Waals surface area contributed by atoms with Crippen molar-refractivity contribution >= 4 is 23.0 Å². The van der Waals surface area contributed by atoms with Crippen LogP contribution in [0.4, 0.5) is 17.1 Å². The molecule has 0 atom stereocenters. The summed E-state index contributed by atoms with van der Waals surface area (Å²) in [5.41, 5.74) is 5.44. The van der Waals surface area contributed by atoms with Crippen LogP contribution in [0.5, 0.6) is 0 Å². The van der Waals surface area contributed by atoms with Gasteiger partial charge in [0, 0.05) is 29.8 Å². The minimum Gasteiger partial charge on any atom is -0.342 e. The molecule has 0 radical (unpaired) electrons. The van der Waals surface area contributed by atoms with Gasteiger partial charge >= 0.3 is 0 Å². The zero-order chi connectivity index (χ0) is 18.5. The number of hydrogen-bond acceptors (Lipinski definition) is 3. The molecule has 0 aliphatic carbocycles. The number of para-hydroxylation sites is 1. The highest BCUT2D eigenvalue weighted by molar-refractivity contribution is 6.03. The maximum absolute atomic E-state index is 12.6. The summed E-state index contributed by atoms with van der Waals surface area (Å²) >= 11 is 0. The number of benzene rings is 2. The van der Waals surface area contributed by atoms with Crippen LogP contribution in [0.15, 0.2) is 66.9 Å². The molecule has 1 amide bonds. The van der Waals surface area contributed by atoms with Gasteiger partial charge < -0.3 is 10.2 Å². The van der Waals surface area contributed by atoms with E-state index in [1.165, 1.54) is 0 Å². The van der Waals surface area contributed by atoms with Crippen LogP contribution in [-0.4, -0.2) is 17.4 Å². The zero-order valence-corrected chi connectivity index (χ0v) is 15.4. The lowest BCUT2D eigenvalue weighted by atomic mass is 10.1. The molecule has 0 saturated carbocycles. The highest BCUT2D eigenvalue weighted by atomic mass is 16.1. The van der Waals surface area contributed by atoms with E-state index in [1.54, 1.807) is 6.20 Å².